The summed E-state index contributed by atoms with van der Waals surface area (Å²) in [4.78, 5) is 23.8. The molecule has 2 saturated heterocycles. The molecule has 1 aromatic rings. The quantitative estimate of drug-likeness (QED) is 0.549. The Kier molecular flexibility index (Phi) is 7.96. The van der Waals surface area contributed by atoms with E-state index in [1.807, 2.05) is 11.0 Å². The number of hydrogen-bond acceptors (Lipinski definition) is 4. The summed E-state index contributed by atoms with van der Waals surface area (Å²) in [6.07, 6.45) is 3.90. The van der Waals surface area contributed by atoms with Gasteiger partial charge < -0.3 is 20.4 Å². The van der Waals surface area contributed by atoms with E-state index >= 15 is 0 Å². The normalized spacial score (nSPS) is 19.0. The number of rotatable bonds is 6. The van der Waals surface area contributed by atoms with Crippen molar-refractivity contribution < 1.29 is 4.79 Å². The molecule has 2 fully saturated rings. The number of hydrogen-bond donors (Lipinski definition) is 2. The molecule has 166 valence electrons. The van der Waals surface area contributed by atoms with Crippen LogP contribution in [0.2, 0.25) is 0 Å². The van der Waals surface area contributed by atoms with Crippen LogP contribution in [0.3, 0.4) is 0 Å². The third-order valence-corrected chi connectivity index (χ3v) is 6.28. The van der Waals surface area contributed by atoms with Gasteiger partial charge in [0.25, 0.3) is 0 Å². The number of piperazine rings is 1. The number of nitrogens with one attached hydrogen (secondary N) is 2. The Balaban J connectivity index is 1.40. The summed E-state index contributed by atoms with van der Waals surface area (Å²) < 4.78 is 0. The van der Waals surface area contributed by atoms with Gasteiger partial charge in [0, 0.05) is 51.0 Å². The number of amides is 1. The summed E-state index contributed by atoms with van der Waals surface area (Å²) in [7, 11) is 1.76. The van der Waals surface area contributed by atoms with E-state index in [2.05, 4.69) is 63.5 Å². The fourth-order valence-corrected chi connectivity index (χ4v) is 4.26. The zero-order chi connectivity index (χ0) is 21.4. The second-order valence-corrected chi connectivity index (χ2v) is 8.84. The van der Waals surface area contributed by atoms with E-state index in [-0.39, 0.29) is 18.0 Å². The number of carbonyl (C=O) groups excluding carboxylic acids is 1. The maximum atomic E-state index is 12.7. The second kappa shape index (κ2) is 10.7. The number of likely N-dealkylation sites (tertiary alicyclic amines) is 1. The van der Waals surface area contributed by atoms with Crippen LogP contribution in [0.1, 0.15) is 33.1 Å². The largest absolute Gasteiger partial charge is 0.368 e. The SMILES string of the molecule is CN=C(NCC(=O)N1CCN(c2ccccc2)CC1)NCC(C)(C)N1CCCCC1. The highest BCUT2D eigenvalue weighted by molar-refractivity contribution is 5.86. The maximum absolute atomic E-state index is 12.7. The van der Waals surface area contributed by atoms with Crippen LogP contribution in [-0.4, -0.2) is 86.6 Å². The summed E-state index contributed by atoms with van der Waals surface area (Å²) in [5.41, 5.74) is 1.29. The van der Waals surface area contributed by atoms with Crippen LogP contribution in [0.15, 0.2) is 35.3 Å². The Labute approximate surface area is 181 Å². The van der Waals surface area contributed by atoms with E-state index in [4.69, 9.17) is 0 Å². The van der Waals surface area contributed by atoms with Crippen molar-refractivity contribution in [3.8, 4) is 0 Å². The molecule has 0 bridgehead atoms. The van der Waals surface area contributed by atoms with Crippen molar-refractivity contribution in [2.45, 2.75) is 38.6 Å². The zero-order valence-electron chi connectivity index (χ0n) is 18.9. The molecule has 1 amide bonds. The highest BCUT2D eigenvalue weighted by Crippen LogP contribution is 2.19. The summed E-state index contributed by atoms with van der Waals surface area (Å²) in [5.74, 6) is 0.817. The average molecular weight is 415 g/mol. The van der Waals surface area contributed by atoms with Crippen LogP contribution in [0, 0.1) is 0 Å². The number of aliphatic imine (C=N–C) groups is 1. The van der Waals surface area contributed by atoms with Gasteiger partial charge in [0.05, 0.1) is 6.54 Å². The van der Waals surface area contributed by atoms with Crippen LogP contribution in [0.4, 0.5) is 5.69 Å². The minimum absolute atomic E-state index is 0.0653. The summed E-state index contributed by atoms with van der Waals surface area (Å²) in [6, 6.07) is 10.4. The van der Waals surface area contributed by atoms with Crippen molar-refractivity contribution in [3.05, 3.63) is 30.3 Å². The highest BCUT2D eigenvalue weighted by Gasteiger charge is 2.28. The molecule has 0 aromatic heterocycles. The number of anilines is 1. The van der Waals surface area contributed by atoms with E-state index in [1.54, 1.807) is 7.05 Å². The van der Waals surface area contributed by atoms with Crippen LogP contribution < -0.4 is 15.5 Å². The van der Waals surface area contributed by atoms with Crippen molar-refractivity contribution >= 4 is 17.6 Å². The Hall–Kier alpha value is -2.28. The molecule has 2 N–H and O–H groups in total. The predicted molar refractivity (Wildman–Crippen MR) is 124 cm³/mol. The third kappa shape index (κ3) is 6.11. The summed E-state index contributed by atoms with van der Waals surface area (Å²) in [6.45, 7) is 11.2. The second-order valence-electron chi connectivity index (χ2n) is 8.84. The minimum Gasteiger partial charge on any atom is -0.368 e. The number of guanidine groups is 1. The number of para-hydroxylation sites is 1. The number of benzene rings is 1. The first-order valence-electron chi connectivity index (χ1n) is 11.3. The molecule has 2 heterocycles. The van der Waals surface area contributed by atoms with Gasteiger partial charge in [0.15, 0.2) is 5.96 Å². The van der Waals surface area contributed by atoms with Gasteiger partial charge in [-0.25, -0.2) is 0 Å². The lowest BCUT2D eigenvalue weighted by molar-refractivity contribution is -0.130. The van der Waals surface area contributed by atoms with Gasteiger partial charge >= 0.3 is 0 Å². The maximum Gasteiger partial charge on any atom is 0.242 e. The Morgan fingerprint density at radius 2 is 1.63 bits per heavy atom. The third-order valence-electron chi connectivity index (χ3n) is 6.28. The molecule has 0 radical (unpaired) electrons. The number of nitrogens with zero attached hydrogens (tertiary/aromatic N) is 4. The lowest BCUT2D eigenvalue weighted by atomic mass is 9.98. The van der Waals surface area contributed by atoms with Gasteiger partial charge in [0.1, 0.15) is 0 Å². The van der Waals surface area contributed by atoms with Crippen molar-refractivity contribution in [2.24, 2.45) is 4.99 Å². The molecule has 0 unspecified atom stereocenters. The van der Waals surface area contributed by atoms with E-state index in [9.17, 15) is 4.79 Å². The van der Waals surface area contributed by atoms with Crippen LogP contribution in [0.5, 0.6) is 0 Å². The number of piperidine rings is 1. The lowest BCUT2D eigenvalue weighted by Crippen LogP contribution is -2.56. The first-order chi connectivity index (χ1) is 14.5. The highest BCUT2D eigenvalue weighted by atomic mass is 16.2. The molecule has 30 heavy (non-hydrogen) atoms. The summed E-state index contributed by atoms with van der Waals surface area (Å²) >= 11 is 0. The number of carbonyl (C=O) groups is 1. The van der Waals surface area contributed by atoms with E-state index in [0.717, 1.165) is 45.8 Å². The van der Waals surface area contributed by atoms with Gasteiger partial charge in [-0.3, -0.25) is 14.7 Å². The smallest absolute Gasteiger partial charge is 0.242 e. The molecule has 0 spiro atoms. The Bertz CT molecular complexity index is 691. The van der Waals surface area contributed by atoms with Crippen LogP contribution in [0.25, 0.3) is 0 Å². The molecule has 0 aliphatic carbocycles. The summed E-state index contributed by atoms with van der Waals surface area (Å²) in [5, 5.41) is 6.61. The van der Waals surface area contributed by atoms with E-state index in [1.165, 1.54) is 24.9 Å². The standard InChI is InChI=1S/C23H38N6O/c1-23(2,29-12-8-5-9-13-29)19-26-22(24-3)25-18-21(30)28-16-14-27(15-17-28)20-10-6-4-7-11-20/h4,6-7,10-11H,5,8-9,12-19H2,1-3H3,(H2,24,25,26). The van der Waals surface area contributed by atoms with Crippen molar-refractivity contribution in [2.75, 3.05) is 64.3 Å². The molecule has 2 aliphatic rings. The van der Waals surface area contributed by atoms with Crippen LogP contribution in [-0.2, 0) is 4.79 Å². The lowest BCUT2D eigenvalue weighted by Gasteiger charge is -2.41. The van der Waals surface area contributed by atoms with Crippen LogP contribution >= 0.6 is 0 Å². The molecule has 0 saturated carbocycles. The molecule has 3 rings (SSSR count). The van der Waals surface area contributed by atoms with E-state index in [0.29, 0.717) is 5.96 Å². The van der Waals surface area contributed by atoms with Gasteiger partial charge in [-0.1, -0.05) is 24.6 Å². The molecular weight excluding hydrogens is 376 g/mol. The predicted octanol–water partition coefficient (Wildman–Crippen LogP) is 1.76. The molecule has 0 atom stereocenters. The minimum atomic E-state index is 0.0653. The van der Waals surface area contributed by atoms with Crippen molar-refractivity contribution in [3.63, 3.8) is 0 Å². The van der Waals surface area contributed by atoms with Gasteiger partial charge in [-0.05, 0) is 51.9 Å². The molecule has 7 heteroatoms. The topological polar surface area (TPSA) is 63.2 Å². The molecule has 2 aliphatic heterocycles. The van der Waals surface area contributed by atoms with Gasteiger partial charge in [-0.15, -0.1) is 0 Å². The van der Waals surface area contributed by atoms with Gasteiger partial charge in [-0.2, -0.15) is 0 Å². The monoisotopic (exact) mass is 414 g/mol. The fourth-order valence-electron chi connectivity index (χ4n) is 4.26. The Morgan fingerprint density at radius 1 is 0.967 bits per heavy atom. The first-order valence-corrected chi connectivity index (χ1v) is 11.3. The van der Waals surface area contributed by atoms with E-state index < -0.39 is 0 Å². The average Bonchev–Trinajstić information content (AvgIpc) is 2.80. The van der Waals surface area contributed by atoms with Gasteiger partial charge in [0.2, 0.25) is 5.91 Å². The zero-order valence-corrected chi connectivity index (χ0v) is 18.9. The molecular formula is C23H38N6O. The molecule has 7 nitrogen and oxygen atoms in total. The fraction of sp³-hybridized carbons (Fsp3) is 0.652. The van der Waals surface area contributed by atoms with Crippen molar-refractivity contribution in [1.82, 2.24) is 20.4 Å². The van der Waals surface area contributed by atoms with Crippen molar-refractivity contribution in [1.29, 1.82) is 0 Å². The first kappa shape index (κ1) is 22.4. The molecule has 1 aromatic carbocycles. The Morgan fingerprint density at radius 3 is 2.27 bits per heavy atom.